The molecule has 2 aromatic carbocycles. The van der Waals surface area contributed by atoms with E-state index in [9.17, 15) is 9.18 Å². The Morgan fingerprint density at radius 2 is 1.79 bits per heavy atom. The van der Waals surface area contributed by atoms with Crippen LogP contribution in [-0.2, 0) is 16.6 Å². The Balaban J connectivity index is 1.74. The van der Waals surface area contributed by atoms with E-state index in [0.717, 1.165) is 16.7 Å². The number of hydrogen-bond donors (Lipinski definition) is 1. The molecule has 146 valence electrons. The SMILES string of the molecule is Cc1cc(C(C)(C)C)cc(C)c1CC(=O)Nc1nc(-c2ccccc2F)cs1. The molecular formula is C23H25FN2OS. The molecular weight excluding hydrogens is 371 g/mol. The summed E-state index contributed by atoms with van der Waals surface area (Å²) in [7, 11) is 0. The monoisotopic (exact) mass is 396 g/mol. The average Bonchev–Trinajstić information content (AvgIpc) is 3.05. The normalized spacial score (nSPS) is 11.5. The number of carbonyl (C=O) groups is 1. The van der Waals surface area contributed by atoms with Gasteiger partial charge >= 0.3 is 0 Å². The summed E-state index contributed by atoms with van der Waals surface area (Å²) in [6.45, 7) is 10.6. The number of hydrogen-bond acceptors (Lipinski definition) is 3. The summed E-state index contributed by atoms with van der Waals surface area (Å²) in [5.74, 6) is -0.444. The zero-order chi connectivity index (χ0) is 20.5. The minimum Gasteiger partial charge on any atom is -0.302 e. The predicted molar refractivity (Wildman–Crippen MR) is 114 cm³/mol. The van der Waals surface area contributed by atoms with Crippen LogP contribution in [-0.4, -0.2) is 10.9 Å². The van der Waals surface area contributed by atoms with Crippen LogP contribution in [0.15, 0.2) is 41.8 Å². The third-order valence-corrected chi connectivity index (χ3v) is 5.56. The Bertz CT molecular complexity index is 994. The van der Waals surface area contributed by atoms with Crippen LogP contribution in [0, 0.1) is 19.7 Å². The highest BCUT2D eigenvalue weighted by atomic mass is 32.1. The van der Waals surface area contributed by atoms with Crippen molar-refractivity contribution in [3.63, 3.8) is 0 Å². The summed E-state index contributed by atoms with van der Waals surface area (Å²) < 4.78 is 13.9. The smallest absolute Gasteiger partial charge is 0.230 e. The molecule has 3 rings (SSSR count). The predicted octanol–water partition coefficient (Wildman–Crippen LogP) is 6.04. The van der Waals surface area contributed by atoms with E-state index in [0.29, 0.717) is 16.4 Å². The van der Waals surface area contributed by atoms with Gasteiger partial charge in [-0.15, -0.1) is 11.3 Å². The summed E-state index contributed by atoms with van der Waals surface area (Å²) in [6.07, 6.45) is 0.288. The van der Waals surface area contributed by atoms with Crippen LogP contribution in [0.2, 0.25) is 0 Å². The lowest BCUT2D eigenvalue weighted by Gasteiger charge is -2.22. The van der Waals surface area contributed by atoms with Crippen molar-refractivity contribution in [2.24, 2.45) is 0 Å². The van der Waals surface area contributed by atoms with Crippen molar-refractivity contribution in [3.8, 4) is 11.3 Å². The highest BCUT2D eigenvalue weighted by Gasteiger charge is 2.18. The van der Waals surface area contributed by atoms with Gasteiger partial charge in [0.1, 0.15) is 5.82 Å². The highest BCUT2D eigenvalue weighted by Crippen LogP contribution is 2.29. The summed E-state index contributed by atoms with van der Waals surface area (Å²) >= 11 is 1.30. The number of nitrogens with one attached hydrogen (secondary N) is 1. The van der Waals surface area contributed by atoms with Gasteiger partial charge in [-0.05, 0) is 53.6 Å². The number of thiazole rings is 1. The van der Waals surface area contributed by atoms with Crippen LogP contribution in [0.1, 0.15) is 43.0 Å². The molecule has 0 saturated heterocycles. The van der Waals surface area contributed by atoms with Crippen LogP contribution in [0.25, 0.3) is 11.3 Å². The third-order valence-electron chi connectivity index (χ3n) is 4.80. The summed E-state index contributed by atoms with van der Waals surface area (Å²) in [5, 5.41) is 5.07. The lowest BCUT2D eigenvalue weighted by atomic mass is 9.83. The molecule has 1 N–H and O–H groups in total. The Hall–Kier alpha value is -2.53. The number of amides is 1. The molecule has 0 spiro atoms. The Morgan fingerprint density at radius 1 is 1.14 bits per heavy atom. The van der Waals surface area contributed by atoms with Gasteiger partial charge in [0.05, 0.1) is 12.1 Å². The van der Waals surface area contributed by atoms with Crippen LogP contribution in [0.4, 0.5) is 9.52 Å². The molecule has 0 aliphatic rings. The van der Waals surface area contributed by atoms with Crippen LogP contribution in [0.5, 0.6) is 0 Å². The second-order valence-electron chi connectivity index (χ2n) is 8.08. The molecule has 0 radical (unpaired) electrons. The van der Waals surface area contributed by atoms with Gasteiger partial charge in [-0.2, -0.15) is 0 Å². The molecule has 0 saturated carbocycles. The Kier molecular flexibility index (Phi) is 5.66. The Morgan fingerprint density at radius 3 is 2.39 bits per heavy atom. The van der Waals surface area contributed by atoms with Crippen molar-refractivity contribution >= 4 is 22.4 Å². The first-order valence-electron chi connectivity index (χ1n) is 9.26. The molecule has 1 aromatic heterocycles. The second-order valence-corrected chi connectivity index (χ2v) is 8.94. The topological polar surface area (TPSA) is 42.0 Å². The number of rotatable bonds is 4. The fraction of sp³-hybridized carbons (Fsp3) is 0.304. The van der Waals surface area contributed by atoms with E-state index in [4.69, 9.17) is 0 Å². The largest absolute Gasteiger partial charge is 0.302 e. The molecule has 0 aliphatic carbocycles. The van der Waals surface area contributed by atoms with E-state index >= 15 is 0 Å². The van der Waals surface area contributed by atoms with Gasteiger partial charge in [0.2, 0.25) is 5.91 Å². The van der Waals surface area contributed by atoms with Gasteiger partial charge in [-0.25, -0.2) is 9.37 Å². The minimum atomic E-state index is -0.323. The van der Waals surface area contributed by atoms with Gasteiger partial charge in [-0.1, -0.05) is 45.0 Å². The molecule has 0 unspecified atom stereocenters. The third kappa shape index (κ3) is 4.47. The van der Waals surface area contributed by atoms with E-state index in [1.54, 1.807) is 23.6 Å². The van der Waals surface area contributed by atoms with Crippen LogP contribution < -0.4 is 5.32 Å². The zero-order valence-electron chi connectivity index (χ0n) is 16.9. The second kappa shape index (κ2) is 7.84. The lowest BCUT2D eigenvalue weighted by Crippen LogP contribution is -2.17. The quantitative estimate of drug-likeness (QED) is 0.584. The summed E-state index contributed by atoms with van der Waals surface area (Å²) in [5.41, 5.74) is 5.57. The highest BCUT2D eigenvalue weighted by molar-refractivity contribution is 7.14. The molecule has 0 fully saturated rings. The lowest BCUT2D eigenvalue weighted by molar-refractivity contribution is -0.115. The van der Waals surface area contributed by atoms with E-state index in [1.165, 1.54) is 23.0 Å². The number of carbonyl (C=O) groups excluding carboxylic acids is 1. The minimum absolute atomic E-state index is 0.0698. The number of halogens is 1. The van der Waals surface area contributed by atoms with Crippen LogP contribution in [0.3, 0.4) is 0 Å². The average molecular weight is 397 g/mol. The molecule has 5 heteroatoms. The van der Waals surface area contributed by atoms with Crippen molar-refractivity contribution in [1.29, 1.82) is 0 Å². The molecule has 1 heterocycles. The van der Waals surface area contributed by atoms with Gasteiger partial charge in [0, 0.05) is 10.9 Å². The fourth-order valence-corrected chi connectivity index (χ4v) is 3.88. The molecule has 1 amide bonds. The first kappa shape index (κ1) is 20.2. The van der Waals surface area contributed by atoms with E-state index in [1.807, 2.05) is 13.8 Å². The molecule has 3 nitrogen and oxygen atoms in total. The number of benzene rings is 2. The molecule has 0 bridgehead atoms. The summed E-state index contributed by atoms with van der Waals surface area (Å²) in [6, 6.07) is 10.8. The van der Waals surface area contributed by atoms with Gasteiger partial charge in [0.25, 0.3) is 0 Å². The Labute approximate surface area is 169 Å². The van der Waals surface area contributed by atoms with Crippen molar-refractivity contribution in [3.05, 3.63) is 69.8 Å². The number of anilines is 1. The van der Waals surface area contributed by atoms with Crippen molar-refractivity contribution in [2.75, 3.05) is 5.32 Å². The zero-order valence-corrected chi connectivity index (χ0v) is 17.7. The standard InChI is InChI=1S/C23H25FN2OS/c1-14-10-16(23(3,4)5)11-15(2)18(14)12-21(27)26-22-25-20(13-28-22)17-8-6-7-9-19(17)24/h6-11,13H,12H2,1-5H3,(H,25,26,27). The first-order valence-corrected chi connectivity index (χ1v) is 10.1. The maximum absolute atomic E-state index is 13.9. The van der Waals surface area contributed by atoms with E-state index in [-0.39, 0.29) is 23.6 Å². The van der Waals surface area contributed by atoms with Gasteiger partial charge < -0.3 is 5.32 Å². The first-order chi connectivity index (χ1) is 13.1. The van der Waals surface area contributed by atoms with Crippen molar-refractivity contribution in [1.82, 2.24) is 4.98 Å². The molecule has 3 aromatic rings. The van der Waals surface area contributed by atoms with Crippen molar-refractivity contribution < 1.29 is 9.18 Å². The fourth-order valence-electron chi connectivity index (χ4n) is 3.15. The maximum Gasteiger partial charge on any atom is 0.230 e. The maximum atomic E-state index is 13.9. The van der Waals surface area contributed by atoms with Crippen molar-refractivity contribution in [2.45, 2.75) is 46.5 Å². The molecule has 0 atom stereocenters. The number of nitrogens with zero attached hydrogens (tertiary/aromatic N) is 1. The van der Waals surface area contributed by atoms with Gasteiger partial charge in [-0.3, -0.25) is 4.79 Å². The summed E-state index contributed by atoms with van der Waals surface area (Å²) in [4.78, 5) is 16.9. The molecule has 0 aliphatic heterocycles. The number of aromatic nitrogens is 1. The number of aryl methyl sites for hydroxylation is 2. The van der Waals surface area contributed by atoms with Crippen LogP contribution >= 0.6 is 11.3 Å². The molecule has 28 heavy (non-hydrogen) atoms. The van der Waals surface area contributed by atoms with E-state index < -0.39 is 0 Å². The van der Waals surface area contributed by atoms with Gasteiger partial charge in [0.15, 0.2) is 5.13 Å². The van der Waals surface area contributed by atoms with E-state index in [2.05, 4.69) is 43.2 Å².